The first kappa shape index (κ1) is 17.4. The van der Waals surface area contributed by atoms with Gasteiger partial charge in [-0.05, 0) is 36.4 Å². The van der Waals surface area contributed by atoms with Crippen molar-refractivity contribution in [2.24, 2.45) is 0 Å². The van der Waals surface area contributed by atoms with Crippen LogP contribution in [-0.4, -0.2) is 31.7 Å². The Kier molecular flexibility index (Phi) is 4.82. The Morgan fingerprint density at radius 1 is 1.17 bits per heavy atom. The molecule has 0 heterocycles. The van der Waals surface area contributed by atoms with Crippen molar-refractivity contribution in [3.63, 3.8) is 0 Å². The predicted molar refractivity (Wildman–Crippen MR) is 85.2 cm³/mol. The molecule has 0 bridgehead atoms. The summed E-state index contributed by atoms with van der Waals surface area (Å²) in [5, 5.41) is 19.9. The van der Waals surface area contributed by atoms with Crippen molar-refractivity contribution in [2.75, 3.05) is 14.1 Å². The lowest BCUT2D eigenvalue weighted by Crippen LogP contribution is -2.22. The summed E-state index contributed by atoms with van der Waals surface area (Å²) in [5.74, 6) is 0.197. The molecule has 0 aromatic heterocycles. The molecule has 124 valence electrons. The highest BCUT2D eigenvalue weighted by molar-refractivity contribution is 7.89. The minimum Gasteiger partial charge on any atom is -0.450 e. The van der Waals surface area contributed by atoms with Gasteiger partial charge in [0.15, 0.2) is 0 Å². The van der Waals surface area contributed by atoms with Crippen LogP contribution in [0.25, 0.3) is 0 Å². The van der Waals surface area contributed by atoms with Crippen LogP contribution in [0.5, 0.6) is 11.5 Å². The van der Waals surface area contributed by atoms with Gasteiger partial charge in [0.2, 0.25) is 15.8 Å². The number of nitriles is 1. The summed E-state index contributed by atoms with van der Waals surface area (Å²) >= 11 is 0. The maximum atomic E-state index is 12.0. The van der Waals surface area contributed by atoms with Crippen LogP contribution in [0.3, 0.4) is 0 Å². The summed E-state index contributed by atoms with van der Waals surface area (Å²) in [5.41, 5.74) is -0.208. The quantitative estimate of drug-likeness (QED) is 0.606. The molecule has 0 saturated heterocycles. The van der Waals surface area contributed by atoms with E-state index in [1.165, 1.54) is 50.5 Å². The number of hydrogen-bond donors (Lipinski definition) is 0. The molecule has 0 amide bonds. The molecular formula is C15H13N3O5S. The standard InChI is InChI=1S/C15H13N3O5S/c1-17(2)24(21,22)13-6-4-12(5-7-13)23-15-8-3-11(10-16)9-14(15)18(19)20/h3-9H,1-2H3. The van der Waals surface area contributed by atoms with Crippen LogP contribution >= 0.6 is 0 Å². The molecule has 0 spiro atoms. The zero-order valence-corrected chi connectivity index (χ0v) is 13.6. The normalized spacial score (nSPS) is 11.1. The fourth-order valence-corrected chi connectivity index (χ4v) is 2.74. The molecule has 0 aliphatic carbocycles. The highest BCUT2D eigenvalue weighted by Crippen LogP contribution is 2.32. The van der Waals surface area contributed by atoms with Crippen LogP contribution in [-0.2, 0) is 10.0 Å². The van der Waals surface area contributed by atoms with Crippen LogP contribution in [0.4, 0.5) is 5.69 Å². The minimum atomic E-state index is -3.56. The Hall–Kier alpha value is -2.96. The van der Waals surface area contributed by atoms with Crippen LogP contribution in [0.2, 0.25) is 0 Å². The van der Waals surface area contributed by atoms with Gasteiger partial charge in [-0.1, -0.05) is 0 Å². The fraction of sp³-hybridized carbons (Fsp3) is 0.133. The minimum absolute atomic E-state index is 0.0396. The van der Waals surface area contributed by atoms with Gasteiger partial charge in [-0.3, -0.25) is 10.1 Å². The van der Waals surface area contributed by atoms with E-state index in [9.17, 15) is 18.5 Å². The topological polar surface area (TPSA) is 114 Å². The molecule has 0 aliphatic rings. The van der Waals surface area contributed by atoms with E-state index in [0.717, 1.165) is 10.4 Å². The molecule has 0 radical (unpaired) electrons. The molecular weight excluding hydrogens is 334 g/mol. The van der Waals surface area contributed by atoms with Crippen LogP contribution in [0, 0.1) is 21.4 Å². The first-order valence-electron chi connectivity index (χ1n) is 6.64. The van der Waals surface area contributed by atoms with Crippen molar-refractivity contribution in [1.29, 1.82) is 5.26 Å². The third-order valence-corrected chi connectivity index (χ3v) is 4.94. The van der Waals surface area contributed by atoms with Gasteiger partial charge in [-0.25, -0.2) is 12.7 Å². The summed E-state index contributed by atoms with van der Waals surface area (Å²) in [4.78, 5) is 10.5. The van der Waals surface area contributed by atoms with E-state index in [4.69, 9.17) is 10.00 Å². The van der Waals surface area contributed by atoms with Gasteiger partial charge in [0.25, 0.3) is 0 Å². The van der Waals surface area contributed by atoms with Crippen LogP contribution in [0.1, 0.15) is 5.56 Å². The molecule has 0 unspecified atom stereocenters. The Balaban J connectivity index is 2.33. The number of nitrogens with zero attached hydrogens (tertiary/aromatic N) is 3. The molecule has 0 aliphatic heterocycles. The second kappa shape index (κ2) is 6.66. The van der Waals surface area contributed by atoms with Crippen molar-refractivity contribution in [3.8, 4) is 17.6 Å². The maximum Gasteiger partial charge on any atom is 0.312 e. The molecule has 0 N–H and O–H groups in total. The van der Waals surface area contributed by atoms with Gasteiger partial charge >= 0.3 is 5.69 Å². The summed E-state index contributed by atoms with van der Waals surface area (Å²) in [6.07, 6.45) is 0. The molecule has 9 heteroatoms. The van der Waals surface area contributed by atoms with Crippen molar-refractivity contribution in [2.45, 2.75) is 4.90 Å². The zero-order chi connectivity index (χ0) is 17.9. The van der Waals surface area contributed by atoms with E-state index >= 15 is 0 Å². The number of nitro groups is 1. The van der Waals surface area contributed by atoms with Crippen molar-refractivity contribution < 1.29 is 18.1 Å². The first-order valence-corrected chi connectivity index (χ1v) is 8.08. The number of sulfonamides is 1. The summed E-state index contributed by atoms with van der Waals surface area (Å²) < 4.78 is 30.5. The van der Waals surface area contributed by atoms with Crippen molar-refractivity contribution >= 4 is 15.7 Å². The molecule has 8 nitrogen and oxygen atoms in total. The fourth-order valence-electron chi connectivity index (χ4n) is 1.83. The largest absolute Gasteiger partial charge is 0.450 e. The highest BCUT2D eigenvalue weighted by Gasteiger charge is 2.19. The molecule has 2 aromatic carbocycles. The monoisotopic (exact) mass is 347 g/mol. The van der Waals surface area contributed by atoms with Gasteiger partial charge in [0.1, 0.15) is 5.75 Å². The lowest BCUT2D eigenvalue weighted by Gasteiger charge is -2.12. The van der Waals surface area contributed by atoms with Gasteiger partial charge < -0.3 is 4.74 Å². The summed E-state index contributed by atoms with van der Waals surface area (Å²) in [6.45, 7) is 0. The average Bonchev–Trinajstić information content (AvgIpc) is 2.55. The first-order chi connectivity index (χ1) is 11.3. The summed E-state index contributed by atoms with van der Waals surface area (Å²) in [7, 11) is -0.731. The van der Waals surface area contributed by atoms with Gasteiger partial charge in [0.05, 0.1) is 21.5 Å². The molecule has 2 rings (SSSR count). The number of benzene rings is 2. The maximum absolute atomic E-state index is 12.0. The molecule has 0 atom stereocenters. The van der Waals surface area contributed by atoms with Gasteiger partial charge in [0, 0.05) is 20.2 Å². The molecule has 24 heavy (non-hydrogen) atoms. The van der Waals surface area contributed by atoms with Gasteiger partial charge in [-0.2, -0.15) is 5.26 Å². The zero-order valence-electron chi connectivity index (χ0n) is 12.8. The molecule has 0 saturated carbocycles. The number of rotatable bonds is 5. The SMILES string of the molecule is CN(C)S(=O)(=O)c1ccc(Oc2ccc(C#N)cc2[N+](=O)[O-])cc1. The summed E-state index contributed by atoms with van der Waals surface area (Å²) in [6, 6.07) is 11.1. The van der Waals surface area contributed by atoms with Crippen LogP contribution < -0.4 is 4.74 Å². The van der Waals surface area contributed by atoms with Crippen molar-refractivity contribution in [1.82, 2.24) is 4.31 Å². The van der Waals surface area contributed by atoms with E-state index < -0.39 is 14.9 Å². The average molecular weight is 347 g/mol. The van der Waals surface area contributed by atoms with E-state index in [2.05, 4.69) is 0 Å². The number of hydrogen-bond acceptors (Lipinski definition) is 6. The predicted octanol–water partition coefficient (Wildman–Crippen LogP) is 2.51. The van der Waals surface area contributed by atoms with E-state index in [1.807, 2.05) is 6.07 Å². The van der Waals surface area contributed by atoms with Gasteiger partial charge in [-0.15, -0.1) is 0 Å². The third-order valence-electron chi connectivity index (χ3n) is 3.11. The number of nitro benzene ring substituents is 1. The third kappa shape index (κ3) is 3.51. The van der Waals surface area contributed by atoms with Crippen LogP contribution in [0.15, 0.2) is 47.4 Å². The van der Waals surface area contributed by atoms with Crippen molar-refractivity contribution in [3.05, 3.63) is 58.1 Å². The Labute approximate surface area is 138 Å². The van der Waals surface area contributed by atoms with E-state index in [0.29, 0.717) is 0 Å². The lowest BCUT2D eigenvalue weighted by molar-refractivity contribution is -0.385. The number of ether oxygens (including phenoxy) is 1. The van der Waals surface area contributed by atoms with E-state index in [1.54, 1.807) is 0 Å². The Morgan fingerprint density at radius 3 is 2.29 bits per heavy atom. The molecule has 0 fully saturated rings. The molecule has 2 aromatic rings. The lowest BCUT2D eigenvalue weighted by atomic mass is 10.2. The second-order valence-corrected chi connectivity index (χ2v) is 7.06. The Morgan fingerprint density at radius 2 is 1.79 bits per heavy atom. The highest BCUT2D eigenvalue weighted by atomic mass is 32.2. The smallest absolute Gasteiger partial charge is 0.312 e. The van der Waals surface area contributed by atoms with E-state index in [-0.39, 0.29) is 27.6 Å². The second-order valence-electron chi connectivity index (χ2n) is 4.91. The Bertz CT molecular complexity index is 915.